The van der Waals surface area contributed by atoms with Crippen molar-refractivity contribution < 1.29 is 8.78 Å². The van der Waals surface area contributed by atoms with Crippen LogP contribution in [0, 0.1) is 29.4 Å². The molecule has 2 aliphatic rings. The molecule has 1 heterocycles. The first kappa shape index (κ1) is 24.4. The molecule has 2 fully saturated rings. The minimum atomic E-state index is -1.34. The van der Waals surface area contributed by atoms with Crippen LogP contribution in [-0.2, 0) is 0 Å². The van der Waals surface area contributed by atoms with Crippen LogP contribution in [0.15, 0.2) is 54.6 Å². The molecule has 0 amide bonds. The van der Waals surface area contributed by atoms with E-state index < -0.39 is 19.7 Å². The molecule has 0 nitrogen and oxygen atoms in total. The van der Waals surface area contributed by atoms with Gasteiger partial charge in [0, 0.05) is 0 Å². The van der Waals surface area contributed by atoms with E-state index in [1.165, 1.54) is 88.1 Å². The third-order valence-electron chi connectivity index (χ3n) is 8.62. The number of hydrogen-bond donors (Lipinski definition) is 0. The number of allylic oxidation sites excluding steroid dienone is 1. The molecule has 2 aromatic rings. The summed E-state index contributed by atoms with van der Waals surface area (Å²) in [5.41, 5.74) is 0.758. The molecule has 1 saturated carbocycles. The van der Waals surface area contributed by atoms with E-state index in [4.69, 9.17) is 0 Å². The van der Waals surface area contributed by atoms with Crippen LogP contribution in [0.4, 0.5) is 8.78 Å². The van der Waals surface area contributed by atoms with Gasteiger partial charge in [-0.15, -0.1) is 0 Å². The van der Waals surface area contributed by atoms with Gasteiger partial charge in [0.05, 0.1) is 8.07 Å². The fourth-order valence-corrected chi connectivity index (χ4v) is 11.8. The number of rotatable bonds is 8. The maximum absolute atomic E-state index is 13.4. The van der Waals surface area contributed by atoms with Gasteiger partial charge in [-0.1, -0.05) is 111 Å². The maximum atomic E-state index is 13.4. The van der Waals surface area contributed by atoms with Crippen LogP contribution < -0.4 is 5.19 Å². The second-order valence-corrected chi connectivity index (χ2v) is 15.3. The quantitative estimate of drug-likeness (QED) is 0.269. The van der Waals surface area contributed by atoms with E-state index in [1.54, 1.807) is 11.3 Å². The summed E-state index contributed by atoms with van der Waals surface area (Å²) in [6.45, 7) is 2.32. The summed E-state index contributed by atoms with van der Waals surface area (Å²) in [6, 6.07) is 20.2. The fourth-order valence-electron chi connectivity index (χ4n) is 6.52. The lowest BCUT2D eigenvalue weighted by Crippen LogP contribution is -2.50. The molecule has 0 N–H and O–H groups in total. The van der Waals surface area contributed by atoms with Gasteiger partial charge in [0.2, 0.25) is 0 Å². The van der Waals surface area contributed by atoms with Crippen molar-refractivity contribution in [2.24, 2.45) is 17.8 Å². The zero-order chi connectivity index (χ0) is 23.1. The van der Waals surface area contributed by atoms with Crippen molar-refractivity contribution in [2.45, 2.75) is 82.8 Å². The summed E-state index contributed by atoms with van der Waals surface area (Å²) in [5, 5.41) is 1.71. The Morgan fingerprint density at radius 1 is 0.818 bits per heavy atom. The van der Waals surface area contributed by atoms with Crippen LogP contribution in [0.5, 0.6) is 0 Å². The molecule has 3 heteroatoms. The van der Waals surface area contributed by atoms with Crippen LogP contribution in [0.3, 0.4) is 0 Å². The van der Waals surface area contributed by atoms with Gasteiger partial charge in [-0.2, -0.15) is 0 Å². The molecule has 1 aliphatic heterocycles. The summed E-state index contributed by atoms with van der Waals surface area (Å²) >= 11 is 0. The SMILES string of the molecule is CCCCC[Si]1(c2ccccc2)CCC([C@H]2CC[C@H](/C=C/c3ccc(F)c(F)c3)CC2)CC1. The first-order valence-electron chi connectivity index (χ1n) is 13.3. The second kappa shape index (κ2) is 11.6. The van der Waals surface area contributed by atoms with Crippen LogP contribution in [0.25, 0.3) is 6.08 Å². The first-order chi connectivity index (χ1) is 16.1. The van der Waals surface area contributed by atoms with Gasteiger partial charge >= 0.3 is 0 Å². The van der Waals surface area contributed by atoms with Gasteiger partial charge in [0.25, 0.3) is 0 Å². The molecule has 0 aromatic heterocycles. The highest BCUT2D eigenvalue weighted by Crippen LogP contribution is 2.44. The minimum Gasteiger partial charge on any atom is -0.204 e. The van der Waals surface area contributed by atoms with Crippen molar-refractivity contribution >= 4 is 19.3 Å². The number of benzene rings is 2. The van der Waals surface area contributed by atoms with Crippen molar-refractivity contribution in [3.05, 3.63) is 71.8 Å². The van der Waals surface area contributed by atoms with E-state index in [9.17, 15) is 8.78 Å². The van der Waals surface area contributed by atoms with E-state index in [-0.39, 0.29) is 0 Å². The monoisotopic (exact) mass is 466 g/mol. The average molecular weight is 467 g/mol. The van der Waals surface area contributed by atoms with E-state index in [0.29, 0.717) is 5.92 Å². The Kier molecular flexibility index (Phi) is 8.57. The number of halogens is 2. The van der Waals surface area contributed by atoms with Gasteiger partial charge in [-0.05, 0) is 61.1 Å². The van der Waals surface area contributed by atoms with Gasteiger partial charge in [0.1, 0.15) is 0 Å². The van der Waals surface area contributed by atoms with Gasteiger partial charge < -0.3 is 0 Å². The Morgan fingerprint density at radius 3 is 2.18 bits per heavy atom. The van der Waals surface area contributed by atoms with Crippen LogP contribution in [-0.4, -0.2) is 8.07 Å². The minimum absolute atomic E-state index is 0.574. The Labute approximate surface area is 200 Å². The normalized spacial score (nSPS) is 28.3. The van der Waals surface area contributed by atoms with Crippen molar-refractivity contribution in [3.8, 4) is 0 Å². The Bertz CT molecular complexity index is 891. The first-order valence-corrected chi connectivity index (χ1v) is 15.9. The lowest BCUT2D eigenvalue weighted by Gasteiger charge is -2.43. The highest BCUT2D eigenvalue weighted by molar-refractivity contribution is 6.92. The number of hydrogen-bond acceptors (Lipinski definition) is 0. The molecule has 2 aromatic carbocycles. The van der Waals surface area contributed by atoms with Gasteiger partial charge in [0.15, 0.2) is 11.6 Å². The highest BCUT2D eigenvalue weighted by atomic mass is 28.3. The molecule has 0 atom stereocenters. The molecule has 178 valence electrons. The van der Waals surface area contributed by atoms with Crippen molar-refractivity contribution in [3.63, 3.8) is 0 Å². The van der Waals surface area contributed by atoms with Crippen molar-refractivity contribution in [1.82, 2.24) is 0 Å². The molecule has 1 aliphatic carbocycles. The largest absolute Gasteiger partial charge is 0.204 e. The molecule has 0 unspecified atom stereocenters. The van der Waals surface area contributed by atoms with Crippen LogP contribution in [0.1, 0.15) is 70.3 Å². The Balaban J connectivity index is 1.30. The van der Waals surface area contributed by atoms with Crippen LogP contribution in [0.2, 0.25) is 18.1 Å². The number of unbranched alkanes of at least 4 members (excludes halogenated alkanes) is 2. The molecule has 1 saturated heterocycles. The molecular formula is C30H40F2Si. The van der Waals surface area contributed by atoms with E-state index in [0.717, 1.165) is 17.4 Å². The lowest BCUT2D eigenvalue weighted by atomic mass is 9.74. The average Bonchev–Trinajstić information content (AvgIpc) is 2.86. The van der Waals surface area contributed by atoms with Gasteiger partial charge in [-0.25, -0.2) is 8.78 Å². The lowest BCUT2D eigenvalue weighted by molar-refractivity contribution is 0.208. The zero-order valence-corrected chi connectivity index (χ0v) is 21.2. The predicted molar refractivity (Wildman–Crippen MR) is 139 cm³/mol. The summed E-state index contributed by atoms with van der Waals surface area (Å²) in [5.74, 6) is 0.838. The van der Waals surface area contributed by atoms with Crippen molar-refractivity contribution in [1.29, 1.82) is 0 Å². The third kappa shape index (κ3) is 6.23. The van der Waals surface area contributed by atoms with E-state index >= 15 is 0 Å². The molecular weight excluding hydrogens is 426 g/mol. The Morgan fingerprint density at radius 2 is 1.52 bits per heavy atom. The van der Waals surface area contributed by atoms with Crippen molar-refractivity contribution in [2.75, 3.05) is 0 Å². The smallest absolute Gasteiger partial charge is 0.159 e. The topological polar surface area (TPSA) is 0 Å². The van der Waals surface area contributed by atoms with E-state index in [2.05, 4.69) is 43.3 Å². The highest BCUT2D eigenvalue weighted by Gasteiger charge is 2.40. The second-order valence-electron chi connectivity index (χ2n) is 10.6. The standard InChI is InChI=1S/C30H40F2Si/c1-2-3-7-20-33(28-8-5-4-6-9-28)21-18-27(19-22-33)26-15-12-24(13-16-26)10-11-25-14-17-29(31)30(32)23-25/h4-6,8-11,14,17,23-24,26-27H,2-3,7,12-13,15-16,18-22H2,1H3/b11-10+/t24-,26-,27?,33?. The van der Waals surface area contributed by atoms with E-state index in [1.807, 2.05) is 6.08 Å². The summed E-state index contributed by atoms with van der Waals surface area (Å²) in [7, 11) is -1.34. The molecule has 0 spiro atoms. The van der Waals surface area contributed by atoms with Gasteiger partial charge in [-0.3, -0.25) is 0 Å². The summed E-state index contributed by atoms with van der Waals surface area (Å²) in [6.07, 6.45) is 16.3. The summed E-state index contributed by atoms with van der Waals surface area (Å²) < 4.78 is 26.6. The summed E-state index contributed by atoms with van der Waals surface area (Å²) in [4.78, 5) is 0. The molecule has 0 radical (unpaired) electrons. The van der Waals surface area contributed by atoms with Crippen LogP contribution >= 0.6 is 0 Å². The fraction of sp³-hybridized carbons (Fsp3) is 0.533. The Hall–Kier alpha value is -1.74. The molecule has 0 bridgehead atoms. The predicted octanol–water partition coefficient (Wildman–Crippen LogP) is 8.74. The maximum Gasteiger partial charge on any atom is 0.159 e. The zero-order valence-electron chi connectivity index (χ0n) is 20.2. The third-order valence-corrected chi connectivity index (χ3v) is 14.0. The molecule has 4 rings (SSSR count). The molecule has 33 heavy (non-hydrogen) atoms.